The van der Waals surface area contributed by atoms with Crippen LogP contribution in [0.5, 0.6) is 0 Å². The molecule has 1 amide bonds. The number of nitrogens with zero attached hydrogens (tertiary/aromatic N) is 1. The lowest BCUT2D eigenvalue weighted by Crippen LogP contribution is -2.51. The minimum Gasteiger partial charge on any atom is -0.444 e. The van der Waals surface area contributed by atoms with Gasteiger partial charge in [0, 0.05) is 16.8 Å². The van der Waals surface area contributed by atoms with Gasteiger partial charge in [-0.15, -0.1) is 12.4 Å². The molecule has 1 saturated carbocycles. The monoisotopic (exact) mass is 335 g/mol. The van der Waals surface area contributed by atoms with Crippen LogP contribution >= 0.6 is 12.4 Å². The lowest BCUT2D eigenvalue weighted by Gasteiger charge is -2.37. The zero-order valence-corrected chi connectivity index (χ0v) is 13.9. The lowest BCUT2D eigenvalue weighted by atomic mass is 9.74. The number of hydrogen-bond donors (Lipinski definition) is 2. The molecule has 0 saturated heterocycles. The second kappa shape index (κ2) is 7.15. The van der Waals surface area contributed by atoms with Gasteiger partial charge in [-0.2, -0.15) is 0 Å². The third kappa shape index (κ3) is 3.92. The maximum Gasteiger partial charge on any atom is 0.229 e. The number of benzene rings is 1. The fourth-order valence-corrected chi connectivity index (χ4v) is 3.13. The second-order valence-corrected chi connectivity index (χ2v) is 6.24. The molecule has 5 nitrogen and oxygen atoms in total. The SMILES string of the molecule is CC1(N)CCCCC1C(=O)Nc1cccc(-c2cnco2)c1.Cl. The molecular weight excluding hydrogens is 314 g/mol. The van der Waals surface area contributed by atoms with Crippen LogP contribution in [0.25, 0.3) is 11.3 Å². The number of aromatic nitrogens is 1. The highest BCUT2D eigenvalue weighted by Gasteiger charge is 2.37. The van der Waals surface area contributed by atoms with E-state index in [2.05, 4.69) is 10.3 Å². The highest BCUT2D eigenvalue weighted by Crippen LogP contribution is 2.32. The van der Waals surface area contributed by atoms with Crippen molar-refractivity contribution in [2.45, 2.75) is 38.1 Å². The average molecular weight is 336 g/mol. The van der Waals surface area contributed by atoms with Gasteiger partial charge in [-0.25, -0.2) is 4.98 Å². The molecule has 1 fully saturated rings. The van der Waals surface area contributed by atoms with Crippen LogP contribution in [0.1, 0.15) is 32.6 Å². The van der Waals surface area contributed by atoms with Crippen molar-refractivity contribution in [2.75, 3.05) is 5.32 Å². The minimum atomic E-state index is -0.426. The number of carbonyl (C=O) groups is 1. The number of halogens is 1. The van der Waals surface area contributed by atoms with Crippen LogP contribution in [0, 0.1) is 5.92 Å². The van der Waals surface area contributed by atoms with Crippen molar-refractivity contribution < 1.29 is 9.21 Å². The molecule has 3 N–H and O–H groups in total. The van der Waals surface area contributed by atoms with Gasteiger partial charge in [0.25, 0.3) is 0 Å². The van der Waals surface area contributed by atoms with E-state index >= 15 is 0 Å². The zero-order valence-electron chi connectivity index (χ0n) is 13.1. The van der Waals surface area contributed by atoms with E-state index in [9.17, 15) is 4.79 Å². The van der Waals surface area contributed by atoms with Gasteiger partial charge in [-0.05, 0) is 31.9 Å². The van der Waals surface area contributed by atoms with Crippen molar-refractivity contribution in [3.8, 4) is 11.3 Å². The molecule has 1 aliphatic rings. The Balaban J connectivity index is 0.00000192. The molecule has 2 aromatic rings. The first kappa shape index (κ1) is 17.5. The van der Waals surface area contributed by atoms with Gasteiger partial charge in [-0.3, -0.25) is 4.79 Å². The van der Waals surface area contributed by atoms with Gasteiger partial charge in [0.05, 0.1) is 12.1 Å². The summed E-state index contributed by atoms with van der Waals surface area (Å²) in [6.45, 7) is 1.97. The Kier molecular flexibility index (Phi) is 5.44. The van der Waals surface area contributed by atoms with Gasteiger partial charge < -0.3 is 15.5 Å². The maximum absolute atomic E-state index is 12.6. The van der Waals surface area contributed by atoms with Crippen molar-refractivity contribution in [2.24, 2.45) is 11.7 Å². The van der Waals surface area contributed by atoms with Crippen LogP contribution < -0.4 is 11.1 Å². The Bertz CT molecular complexity index is 656. The summed E-state index contributed by atoms with van der Waals surface area (Å²) < 4.78 is 5.29. The lowest BCUT2D eigenvalue weighted by molar-refractivity contribution is -0.122. The molecule has 1 aromatic carbocycles. The summed E-state index contributed by atoms with van der Waals surface area (Å²) in [5, 5.41) is 2.99. The molecule has 0 aliphatic heterocycles. The first-order valence-corrected chi connectivity index (χ1v) is 7.65. The Morgan fingerprint density at radius 1 is 1.43 bits per heavy atom. The minimum absolute atomic E-state index is 0. The Hall–Kier alpha value is -1.85. The van der Waals surface area contributed by atoms with E-state index in [1.165, 1.54) is 6.39 Å². The summed E-state index contributed by atoms with van der Waals surface area (Å²) in [6, 6.07) is 7.56. The van der Waals surface area contributed by atoms with Gasteiger partial charge in [0.1, 0.15) is 0 Å². The summed E-state index contributed by atoms with van der Waals surface area (Å²) in [6.07, 6.45) is 6.94. The smallest absolute Gasteiger partial charge is 0.229 e. The molecule has 2 unspecified atom stereocenters. The van der Waals surface area contributed by atoms with E-state index in [4.69, 9.17) is 10.2 Å². The number of amides is 1. The number of nitrogens with one attached hydrogen (secondary N) is 1. The fourth-order valence-electron chi connectivity index (χ4n) is 3.13. The van der Waals surface area contributed by atoms with E-state index in [1.807, 2.05) is 31.2 Å². The average Bonchev–Trinajstić information content (AvgIpc) is 3.01. The second-order valence-electron chi connectivity index (χ2n) is 6.24. The quantitative estimate of drug-likeness (QED) is 0.897. The van der Waals surface area contributed by atoms with Crippen LogP contribution in [-0.4, -0.2) is 16.4 Å². The Labute approximate surface area is 142 Å². The van der Waals surface area contributed by atoms with E-state index < -0.39 is 5.54 Å². The van der Waals surface area contributed by atoms with Gasteiger partial charge >= 0.3 is 0 Å². The van der Waals surface area contributed by atoms with Crippen LogP contribution in [0.15, 0.2) is 41.3 Å². The fraction of sp³-hybridized carbons (Fsp3) is 0.412. The van der Waals surface area contributed by atoms with Crippen molar-refractivity contribution in [3.63, 3.8) is 0 Å². The topological polar surface area (TPSA) is 81.2 Å². The van der Waals surface area contributed by atoms with E-state index in [0.29, 0.717) is 5.76 Å². The molecule has 2 atom stereocenters. The molecule has 6 heteroatoms. The van der Waals surface area contributed by atoms with Crippen molar-refractivity contribution in [1.82, 2.24) is 4.98 Å². The summed E-state index contributed by atoms with van der Waals surface area (Å²) in [5.74, 6) is 0.534. The van der Waals surface area contributed by atoms with Crippen molar-refractivity contribution in [1.29, 1.82) is 0 Å². The molecule has 124 valence electrons. The van der Waals surface area contributed by atoms with Gasteiger partial charge in [0.15, 0.2) is 12.2 Å². The molecule has 1 heterocycles. The third-order valence-corrected chi connectivity index (χ3v) is 4.42. The predicted octanol–water partition coefficient (Wildman–Crippen LogP) is 3.61. The molecule has 0 spiro atoms. The number of carbonyl (C=O) groups excluding carboxylic acids is 1. The van der Waals surface area contributed by atoms with E-state index in [0.717, 1.165) is 36.9 Å². The standard InChI is InChI=1S/C17H21N3O2.ClH/c1-17(18)8-3-2-7-14(17)16(21)20-13-6-4-5-12(9-13)15-10-19-11-22-15;/h4-6,9-11,14H,2-3,7-8,18H2,1H3,(H,20,21);1H. The largest absolute Gasteiger partial charge is 0.444 e. The highest BCUT2D eigenvalue weighted by molar-refractivity contribution is 5.94. The number of hydrogen-bond acceptors (Lipinski definition) is 4. The number of anilines is 1. The van der Waals surface area contributed by atoms with Crippen molar-refractivity contribution in [3.05, 3.63) is 36.9 Å². The van der Waals surface area contributed by atoms with Crippen LogP contribution in [-0.2, 0) is 4.79 Å². The molecule has 1 aliphatic carbocycles. The van der Waals surface area contributed by atoms with Crippen LogP contribution in [0.3, 0.4) is 0 Å². The van der Waals surface area contributed by atoms with Gasteiger partial charge in [0.2, 0.25) is 5.91 Å². The predicted molar refractivity (Wildman–Crippen MR) is 92.4 cm³/mol. The molecular formula is C17H22ClN3O2. The summed E-state index contributed by atoms with van der Waals surface area (Å²) in [4.78, 5) is 16.5. The van der Waals surface area contributed by atoms with Gasteiger partial charge in [-0.1, -0.05) is 25.0 Å². The first-order valence-electron chi connectivity index (χ1n) is 7.65. The summed E-state index contributed by atoms with van der Waals surface area (Å²) in [5.41, 5.74) is 7.51. The van der Waals surface area contributed by atoms with Crippen molar-refractivity contribution >= 4 is 24.0 Å². The molecule has 1 aromatic heterocycles. The molecule has 0 bridgehead atoms. The molecule has 23 heavy (non-hydrogen) atoms. The molecule has 0 radical (unpaired) electrons. The number of nitrogens with two attached hydrogens (primary N) is 1. The summed E-state index contributed by atoms with van der Waals surface area (Å²) >= 11 is 0. The Morgan fingerprint density at radius 2 is 2.26 bits per heavy atom. The van der Waals surface area contributed by atoms with Crippen LogP contribution in [0.4, 0.5) is 5.69 Å². The number of oxazole rings is 1. The maximum atomic E-state index is 12.6. The normalized spacial score (nSPS) is 23.8. The van der Waals surface area contributed by atoms with Crippen LogP contribution in [0.2, 0.25) is 0 Å². The third-order valence-electron chi connectivity index (χ3n) is 4.42. The summed E-state index contributed by atoms with van der Waals surface area (Å²) in [7, 11) is 0. The van der Waals surface area contributed by atoms with E-state index in [-0.39, 0.29) is 24.2 Å². The molecule has 3 rings (SSSR count). The first-order chi connectivity index (χ1) is 10.6. The number of rotatable bonds is 3. The highest BCUT2D eigenvalue weighted by atomic mass is 35.5. The Morgan fingerprint density at radius 3 is 2.96 bits per heavy atom. The van der Waals surface area contributed by atoms with E-state index in [1.54, 1.807) is 6.20 Å². The zero-order chi connectivity index (χ0) is 15.6.